The molecular formula is C16H23NO2. The number of carbonyl (C=O) groups excluding carboxylic acids is 1. The van der Waals surface area contributed by atoms with Crippen molar-refractivity contribution < 1.29 is 9.53 Å². The van der Waals surface area contributed by atoms with Crippen molar-refractivity contribution in [2.24, 2.45) is 11.1 Å². The second-order valence-electron chi connectivity index (χ2n) is 6.44. The number of rotatable bonds is 5. The second kappa shape index (κ2) is 5.33. The van der Waals surface area contributed by atoms with Gasteiger partial charge >= 0.3 is 0 Å². The molecule has 19 heavy (non-hydrogen) atoms. The molecule has 1 aliphatic carbocycles. The Morgan fingerprint density at radius 3 is 2.37 bits per heavy atom. The summed E-state index contributed by atoms with van der Waals surface area (Å²) in [4.78, 5) is 12.1. The fourth-order valence-electron chi connectivity index (χ4n) is 1.72. The van der Waals surface area contributed by atoms with Gasteiger partial charge in [0.05, 0.1) is 6.10 Å². The normalized spacial score (nSPS) is 17.1. The number of hydrogen-bond acceptors (Lipinski definition) is 3. The summed E-state index contributed by atoms with van der Waals surface area (Å²) in [7, 11) is 0. The Labute approximate surface area is 115 Å². The zero-order valence-electron chi connectivity index (χ0n) is 12.0. The summed E-state index contributed by atoms with van der Waals surface area (Å²) in [6.07, 6.45) is 3.05. The lowest BCUT2D eigenvalue weighted by molar-refractivity contribution is 0.0953. The van der Waals surface area contributed by atoms with Crippen LogP contribution in [0.1, 0.15) is 50.4 Å². The van der Waals surface area contributed by atoms with Crippen LogP contribution in [0.2, 0.25) is 0 Å². The predicted octanol–water partition coefficient (Wildman–Crippen LogP) is 3.17. The average molecular weight is 261 g/mol. The maximum absolute atomic E-state index is 12.1. The van der Waals surface area contributed by atoms with E-state index < -0.39 is 0 Å². The first kappa shape index (κ1) is 14.1. The number of nitrogens with two attached hydrogens (primary N) is 1. The van der Waals surface area contributed by atoms with Gasteiger partial charge in [0.1, 0.15) is 5.75 Å². The summed E-state index contributed by atoms with van der Waals surface area (Å²) in [6, 6.07) is 7.27. The lowest BCUT2D eigenvalue weighted by Gasteiger charge is -2.26. The van der Waals surface area contributed by atoms with E-state index in [1.165, 1.54) is 0 Å². The van der Waals surface area contributed by atoms with E-state index in [2.05, 4.69) is 20.8 Å². The maximum Gasteiger partial charge on any atom is 0.164 e. The van der Waals surface area contributed by atoms with Gasteiger partial charge in [0.25, 0.3) is 0 Å². The Bertz CT molecular complexity index is 441. The van der Waals surface area contributed by atoms with Gasteiger partial charge in [-0.1, -0.05) is 20.8 Å². The summed E-state index contributed by atoms with van der Waals surface area (Å²) in [5.41, 5.74) is 6.71. The van der Waals surface area contributed by atoms with Crippen LogP contribution in [0.15, 0.2) is 24.3 Å². The molecule has 2 N–H and O–H groups in total. The SMILES string of the molecule is CC(C)(C)C(N)CC(=O)c1ccc(OC2CC2)cc1. The number of ether oxygens (including phenoxy) is 1. The summed E-state index contributed by atoms with van der Waals surface area (Å²) in [6.45, 7) is 6.16. The van der Waals surface area contributed by atoms with Crippen molar-refractivity contribution in [2.75, 3.05) is 0 Å². The molecule has 1 aromatic rings. The number of ketones is 1. The largest absolute Gasteiger partial charge is 0.490 e. The van der Waals surface area contributed by atoms with E-state index in [1.807, 2.05) is 24.3 Å². The molecule has 2 rings (SSSR count). The molecule has 0 aromatic heterocycles. The van der Waals surface area contributed by atoms with Gasteiger partial charge < -0.3 is 10.5 Å². The van der Waals surface area contributed by atoms with Crippen LogP contribution in [0.4, 0.5) is 0 Å². The van der Waals surface area contributed by atoms with E-state index in [1.54, 1.807) is 0 Å². The van der Waals surface area contributed by atoms with E-state index in [9.17, 15) is 4.79 Å². The van der Waals surface area contributed by atoms with E-state index in [-0.39, 0.29) is 17.2 Å². The van der Waals surface area contributed by atoms with E-state index in [0.717, 1.165) is 18.6 Å². The van der Waals surface area contributed by atoms with Crippen LogP contribution >= 0.6 is 0 Å². The molecule has 0 bridgehead atoms. The van der Waals surface area contributed by atoms with Gasteiger partial charge in [0.15, 0.2) is 5.78 Å². The lowest BCUT2D eigenvalue weighted by Crippen LogP contribution is -2.36. The molecule has 0 amide bonds. The molecule has 3 heteroatoms. The molecule has 0 saturated heterocycles. The van der Waals surface area contributed by atoms with Crippen molar-refractivity contribution >= 4 is 5.78 Å². The van der Waals surface area contributed by atoms with Crippen molar-refractivity contribution in [1.82, 2.24) is 0 Å². The Morgan fingerprint density at radius 1 is 1.32 bits per heavy atom. The monoisotopic (exact) mass is 261 g/mol. The van der Waals surface area contributed by atoms with Crippen molar-refractivity contribution in [1.29, 1.82) is 0 Å². The standard InChI is InChI=1S/C16H23NO2/c1-16(2,3)15(17)10-14(18)11-4-6-12(7-5-11)19-13-8-9-13/h4-7,13,15H,8-10,17H2,1-3H3. The average Bonchev–Trinajstić information content (AvgIpc) is 3.12. The fraction of sp³-hybridized carbons (Fsp3) is 0.562. The highest BCUT2D eigenvalue weighted by molar-refractivity contribution is 5.96. The summed E-state index contributed by atoms with van der Waals surface area (Å²) in [5.74, 6) is 0.944. The molecular weight excluding hydrogens is 238 g/mol. The van der Waals surface area contributed by atoms with Gasteiger partial charge in [-0.15, -0.1) is 0 Å². The van der Waals surface area contributed by atoms with Gasteiger partial charge in [-0.25, -0.2) is 0 Å². The van der Waals surface area contributed by atoms with Crippen LogP contribution in [0.3, 0.4) is 0 Å². The third kappa shape index (κ3) is 4.06. The van der Waals surface area contributed by atoms with Crippen LogP contribution in [0.5, 0.6) is 5.75 Å². The van der Waals surface area contributed by atoms with Gasteiger partial charge in [0.2, 0.25) is 0 Å². The topological polar surface area (TPSA) is 52.3 Å². The molecule has 1 aliphatic rings. The van der Waals surface area contributed by atoms with Crippen LogP contribution in [-0.4, -0.2) is 17.9 Å². The summed E-state index contributed by atoms with van der Waals surface area (Å²) in [5, 5.41) is 0. The number of carbonyl (C=O) groups is 1. The maximum atomic E-state index is 12.1. The minimum absolute atomic E-state index is 0.0509. The zero-order valence-corrected chi connectivity index (χ0v) is 12.0. The van der Waals surface area contributed by atoms with Crippen LogP contribution in [0, 0.1) is 5.41 Å². The highest BCUT2D eigenvalue weighted by Crippen LogP contribution is 2.27. The van der Waals surface area contributed by atoms with Gasteiger partial charge in [-0.05, 0) is 42.5 Å². The van der Waals surface area contributed by atoms with Gasteiger partial charge in [0, 0.05) is 18.0 Å². The molecule has 104 valence electrons. The highest BCUT2D eigenvalue weighted by atomic mass is 16.5. The fourth-order valence-corrected chi connectivity index (χ4v) is 1.72. The Morgan fingerprint density at radius 2 is 1.89 bits per heavy atom. The molecule has 1 atom stereocenters. The number of hydrogen-bond donors (Lipinski definition) is 1. The van der Waals surface area contributed by atoms with Crippen LogP contribution < -0.4 is 10.5 Å². The van der Waals surface area contributed by atoms with Gasteiger partial charge in [-0.2, -0.15) is 0 Å². The zero-order chi connectivity index (χ0) is 14.0. The molecule has 1 unspecified atom stereocenters. The van der Waals surface area contributed by atoms with Crippen molar-refractivity contribution in [2.45, 2.75) is 52.2 Å². The minimum Gasteiger partial charge on any atom is -0.490 e. The van der Waals surface area contributed by atoms with E-state index in [4.69, 9.17) is 10.5 Å². The summed E-state index contributed by atoms with van der Waals surface area (Å²) < 4.78 is 5.66. The van der Waals surface area contributed by atoms with Crippen molar-refractivity contribution in [3.63, 3.8) is 0 Å². The number of Topliss-reactive ketones (excluding diaryl/α,β-unsaturated/α-hetero) is 1. The molecule has 0 aliphatic heterocycles. The first-order chi connectivity index (χ1) is 8.86. The third-order valence-corrected chi connectivity index (χ3v) is 3.52. The number of benzene rings is 1. The van der Waals surface area contributed by atoms with Crippen molar-refractivity contribution in [3.05, 3.63) is 29.8 Å². The minimum atomic E-state index is -0.123. The molecule has 1 fully saturated rings. The molecule has 1 saturated carbocycles. The molecule has 0 radical (unpaired) electrons. The van der Waals surface area contributed by atoms with Crippen molar-refractivity contribution in [3.8, 4) is 5.75 Å². The summed E-state index contributed by atoms with van der Waals surface area (Å²) >= 11 is 0. The van der Waals surface area contributed by atoms with E-state index >= 15 is 0 Å². The third-order valence-electron chi connectivity index (χ3n) is 3.52. The molecule has 0 heterocycles. The van der Waals surface area contributed by atoms with Crippen LogP contribution in [-0.2, 0) is 0 Å². The quantitative estimate of drug-likeness (QED) is 0.828. The van der Waals surface area contributed by atoms with Gasteiger partial charge in [-0.3, -0.25) is 4.79 Å². The lowest BCUT2D eigenvalue weighted by atomic mass is 9.84. The molecule has 3 nitrogen and oxygen atoms in total. The smallest absolute Gasteiger partial charge is 0.164 e. The van der Waals surface area contributed by atoms with E-state index in [0.29, 0.717) is 18.1 Å². The molecule has 1 aromatic carbocycles. The Kier molecular flexibility index (Phi) is 3.95. The second-order valence-corrected chi connectivity index (χ2v) is 6.44. The highest BCUT2D eigenvalue weighted by Gasteiger charge is 2.25. The molecule has 0 spiro atoms. The Hall–Kier alpha value is -1.35. The predicted molar refractivity (Wildman–Crippen MR) is 76.5 cm³/mol. The Balaban J connectivity index is 1.95. The van der Waals surface area contributed by atoms with Crippen LogP contribution in [0.25, 0.3) is 0 Å². The first-order valence-electron chi connectivity index (χ1n) is 6.92. The first-order valence-corrected chi connectivity index (χ1v) is 6.92.